The molecule has 0 aromatic heterocycles. The molecule has 0 aromatic carbocycles. The summed E-state index contributed by atoms with van der Waals surface area (Å²) in [5, 5.41) is 0. The van der Waals surface area contributed by atoms with E-state index in [0.29, 0.717) is 6.42 Å². The Kier molecular flexibility index (Phi) is 27.8. The van der Waals surface area contributed by atoms with Gasteiger partial charge in [-0.15, -0.1) is 0 Å². The maximum Gasteiger partial charge on any atom is 0.449 e. The Hall–Kier alpha value is -1.32. The number of hydrogen-bond donors (Lipinski definition) is 0. The van der Waals surface area contributed by atoms with Gasteiger partial charge in [-0.3, -0.25) is 4.79 Å². The van der Waals surface area contributed by atoms with Crippen molar-refractivity contribution in [1.82, 2.24) is 0 Å². The lowest BCUT2D eigenvalue weighted by atomic mass is 10.1. The van der Waals surface area contributed by atoms with Crippen LogP contribution in [0.15, 0.2) is 36.5 Å². The van der Waals surface area contributed by atoms with Crippen molar-refractivity contribution in [2.45, 2.75) is 105 Å². The van der Waals surface area contributed by atoms with E-state index < -0.39 is 18.4 Å². The zero-order chi connectivity index (χ0) is 21.4. The predicted molar refractivity (Wildman–Crippen MR) is 113 cm³/mol. The number of Topliss-reactive ketones (excluding diaryl/α,β-unsaturated/α-hetero) is 1. The summed E-state index contributed by atoms with van der Waals surface area (Å²) in [5.74, 6) is -1.64. The van der Waals surface area contributed by atoms with Gasteiger partial charge in [0.15, 0.2) is 0 Å². The number of hydrogen-bond acceptors (Lipinski definition) is 1. The van der Waals surface area contributed by atoms with Crippen LogP contribution in [0, 0.1) is 0 Å². The SMILES string of the molecule is CC.CC/C=C\C/C=C\C/C=C\CCCC(=O)C(F)(F)F.CCCCCC. The van der Waals surface area contributed by atoms with Crippen molar-refractivity contribution in [3.8, 4) is 0 Å². The fraction of sp³-hybridized carbons (Fsp3) is 0.696. The lowest BCUT2D eigenvalue weighted by molar-refractivity contribution is -0.171. The lowest BCUT2D eigenvalue weighted by Crippen LogP contribution is -2.22. The molecule has 27 heavy (non-hydrogen) atoms. The van der Waals surface area contributed by atoms with E-state index in [4.69, 9.17) is 0 Å². The summed E-state index contributed by atoms with van der Waals surface area (Å²) < 4.78 is 35.6. The molecule has 0 atom stereocenters. The van der Waals surface area contributed by atoms with Crippen LogP contribution in [0.2, 0.25) is 0 Å². The van der Waals surface area contributed by atoms with Crippen molar-refractivity contribution in [3.63, 3.8) is 0 Å². The third-order valence-corrected chi connectivity index (χ3v) is 3.33. The molecular weight excluding hydrogens is 349 g/mol. The van der Waals surface area contributed by atoms with Crippen molar-refractivity contribution in [2.75, 3.05) is 0 Å². The summed E-state index contributed by atoms with van der Waals surface area (Å²) in [7, 11) is 0. The van der Waals surface area contributed by atoms with Crippen LogP contribution in [0.3, 0.4) is 0 Å². The number of rotatable bonds is 12. The molecule has 0 amide bonds. The third-order valence-electron chi connectivity index (χ3n) is 3.33. The Balaban J connectivity index is -0.000000607. The Bertz CT molecular complexity index is 376. The molecule has 0 aliphatic heterocycles. The van der Waals surface area contributed by atoms with Crippen molar-refractivity contribution in [1.29, 1.82) is 0 Å². The van der Waals surface area contributed by atoms with Crippen molar-refractivity contribution < 1.29 is 18.0 Å². The van der Waals surface area contributed by atoms with Crippen molar-refractivity contribution in [3.05, 3.63) is 36.5 Å². The molecule has 0 aliphatic rings. The molecule has 0 saturated carbocycles. The quantitative estimate of drug-likeness (QED) is 0.240. The molecule has 160 valence electrons. The topological polar surface area (TPSA) is 17.1 Å². The molecule has 0 aliphatic carbocycles. The maximum atomic E-state index is 11.9. The van der Waals surface area contributed by atoms with E-state index in [9.17, 15) is 18.0 Å². The number of allylic oxidation sites excluding steroid dienone is 6. The van der Waals surface area contributed by atoms with Gasteiger partial charge in [0.2, 0.25) is 5.78 Å². The number of carbonyl (C=O) groups is 1. The van der Waals surface area contributed by atoms with E-state index in [-0.39, 0.29) is 6.42 Å². The largest absolute Gasteiger partial charge is 0.449 e. The van der Waals surface area contributed by atoms with Gasteiger partial charge in [-0.25, -0.2) is 0 Å². The maximum absolute atomic E-state index is 11.9. The Morgan fingerprint density at radius 3 is 1.59 bits per heavy atom. The summed E-state index contributed by atoms with van der Waals surface area (Å²) in [6, 6.07) is 0. The van der Waals surface area contributed by atoms with Crippen LogP contribution in [0.4, 0.5) is 13.2 Å². The van der Waals surface area contributed by atoms with E-state index in [1.165, 1.54) is 25.7 Å². The van der Waals surface area contributed by atoms with E-state index in [0.717, 1.165) is 19.3 Å². The van der Waals surface area contributed by atoms with E-state index in [2.05, 4.69) is 32.9 Å². The van der Waals surface area contributed by atoms with Crippen LogP contribution < -0.4 is 0 Å². The molecule has 0 fully saturated rings. The summed E-state index contributed by atoms with van der Waals surface area (Å²) in [5.41, 5.74) is 0. The van der Waals surface area contributed by atoms with Gasteiger partial charge >= 0.3 is 6.18 Å². The van der Waals surface area contributed by atoms with Gasteiger partial charge in [0.25, 0.3) is 0 Å². The van der Waals surface area contributed by atoms with Crippen LogP contribution in [0.25, 0.3) is 0 Å². The smallest absolute Gasteiger partial charge is 0.290 e. The second-order valence-corrected chi connectivity index (χ2v) is 5.81. The van der Waals surface area contributed by atoms with Gasteiger partial charge in [0.1, 0.15) is 0 Å². The number of halogens is 3. The van der Waals surface area contributed by atoms with Crippen LogP contribution in [0.5, 0.6) is 0 Å². The first-order valence-electron chi connectivity index (χ1n) is 10.4. The monoisotopic (exact) mass is 390 g/mol. The standard InChI is InChI=1S/C15H21F3O.C6H14.C2H6/c1-2-3-4-5-6-7-8-9-10-11-12-13-14(19)15(16,17)18;1-3-5-6-4-2;1-2/h3-4,6-7,9-10H,2,5,8,11-13H2,1H3;3-6H2,1-2H3;1-2H3/b4-3-,7-6-,10-9-;;. The Morgan fingerprint density at radius 1 is 0.741 bits per heavy atom. The summed E-state index contributed by atoms with van der Waals surface area (Å²) in [4.78, 5) is 10.6. The second-order valence-electron chi connectivity index (χ2n) is 5.81. The molecule has 4 heteroatoms. The van der Waals surface area contributed by atoms with Gasteiger partial charge in [0.05, 0.1) is 0 Å². The van der Waals surface area contributed by atoms with Crippen LogP contribution in [0.1, 0.15) is 98.8 Å². The van der Waals surface area contributed by atoms with Crippen molar-refractivity contribution in [2.24, 2.45) is 0 Å². The Labute approximate surface area is 165 Å². The number of carbonyl (C=O) groups excluding carboxylic acids is 1. The van der Waals surface area contributed by atoms with Gasteiger partial charge in [-0.05, 0) is 32.1 Å². The minimum absolute atomic E-state index is 0.248. The van der Waals surface area contributed by atoms with Gasteiger partial charge in [-0.2, -0.15) is 13.2 Å². The van der Waals surface area contributed by atoms with Crippen molar-refractivity contribution >= 4 is 5.78 Å². The normalized spacial score (nSPS) is 11.4. The molecule has 0 aromatic rings. The van der Waals surface area contributed by atoms with Crippen LogP contribution >= 0.6 is 0 Å². The molecule has 1 nitrogen and oxygen atoms in total. The minimum atomic E-state index is -4.68. The molecule has 0 saturated heterocycles. The van der Waals surface area contributed by atoms with E-state index in [1.807, 2.05) is 38.2 Å². The van der Waals surface area contributed by atoms with Gasteiger partial charge < -0.3 is 0 Å². The molecule has 0 unspecified atom stereocenters. The average Bonchev–Trinajstić information content (AvgIpc) is 2.65. The highest BCUT2D eigenvalue weighted by atomic mass is 19.4. The fourth-order valence-electron chi connectivity index (χ4n) is 1.85. The van der Waals surface area contributed by atoms with E-state index >= 15 is 0 Å². The first-order valence-corrected chi connectivity index (χ1v) is 10.4. The molecule has 0 N–H and O–H groups in total. The van der Waals surface area contributed by atoms with Crippen LogP contribution in [-0.4, -0.2) is 12.0 Å². The average molecular weight is 391 g/mol. The zero-order valence-electron chi connectivity index (χ0n) is 18.1. The predicted octanol–water partition coefficient (Wildman–Crippen LogP) is 8.76. The van der Waals surface area contributed by atoms with Gasteiger partial charge in [0, 0.05) is 6.42 Å². The first kappa shape index (κ1) is 30.4. The van der Waals surface area contributed by atoms with Crippen LogP contribution in [-0.2, 0) is 4.79 Å². The first-order chi connectivity index (χ1) is 12.9. The van der Waals surface area contributed by atoms with E-state index in [1.54, 1.807) is 0 Å². The summed E-state index contributed by atoms with van der Waals surface area (Å²) in [6.07, 6.45) is 15.8. The highest BCUT2D eigenvalue weighted by Gasteiger charge is 2.36. The number of unbranched alkanes of at least 4 members (excludes halogenated alkanes) is 4. The molecular formula is C23H41F3O. The third kappa shape index (κ3) is 29.7. The second kappa shape index (κ2) is 24.7. The minimum Gasteiger partial charge on any atom is -0.290 e. The van der Waals surface area contributed by atoms with Gasteiger partial charge in [-0.1, -0.05) is 96.8 Å². The molecule has 0 spiro atoms. The fourth-order valence-corrected chi connectivity index (χ4v) is 1.85. The summed E-state index contributed by atoms with van der Waals surface area (Å²) >= 11 is 0. The molecule has 0 rings (SSSR count). The number of ketones is 1. The highest BCUT2D eigenvalue weighted by Crippen LogP contribution is 2.19. The zero-order valence-corrected chi connectivity index (χ0v) is 18.1. The number of alkyl halides is 3. The highest BCUT2D eigenvalue weighted by molar-refractivity contribution is 5.83. The molecule has 0 heterocycles. The lowest BCUT2D eigenvalue weighted by Gasteiger charge is -2.02. The molecule has 0 bridgehead atoms. The molecule has 0 radical (unpaired) electrons. The Morgan fingerprint density at radius 2 is 1.19 bits per heavy atom. The summed E-state index contributed by atoms with van der Waals surface area (Å²) in [6.45, 7) is 10.5.